The van der Waals surface area contributed by atoms with Crippen LogP contribution in [0.25, 0.3) is 0 Å². The van der Waals surface area contributed by atoms with Crippen molar-refractivity contribution in [1.29, 1.82) is 0 Å². The van der Waals surface area contributed by atoms with Gasteiger partial charge in [0.05, 0.1) is 0 Å². The quantitative estimate of drug-likeness (QED) is 0.793. The third kappa shape index (κ3) is 6.49. The SMILES string of the molecule is CC(C)(C)OC(=O)NC(CCN)C(F)(F)F. The van der Waals surface area contributed by atoms with E-state index in [2.05, 4.69) is 0 Å². The molecule has 0 aliphatic carbocycles. The van der Waals surface area contributed by atoms with Gasteiger partial charge >= 0.3 is 12.3 Å². The van der Waals surface area contributed by atoms with Gasteiger partial charge in [-0.1, -0.05) is 0 Å². The lowest BCUT2D eigenvalue weighted by Gasteiger charge is -2.24. The second-order valence-corrected chi connectivity index (χ2v) is 4.32. The average molecular weight is 242 g/mol. The summed E-state index contributed by atoms with van der Waals surface area (Å²) in [6.45, 7) is 4.54. The fourth-order valence-corrected chi connectivity index (χ4v) is 0.934. The first-order chi connectivity index (χ1) is 7.06. The molecule has 7 heteroatoms. The van der Waals surface area contributed by atoms with E-state index in [1.807, 2.05) is 0 Å². The van der Waals surface area contributed by atoms with Gasteiger partial charge in [0.15, 0.2) is 0 Å². The van der Waals surface area contributed by atoms with E-state index in [0.29, 0.717) is 0 Å². The summed E-state index contributed by atoms with van der Waals surface area (Å²) >= 11 is 0. The van der Waals surface area contributed by atoms with Crippen molar-refractivity contribution in [1.82, 2.24) is 5.32 Å². The minimum Gasteiger partial charge on any atom is -0.444 e. The largest absolute Gasteiger partial charge is 0.444 e. The van der Waals surface area contributed by atoms with Crippen LogP contribution in [0.3, 0.4) is 0 Å². The van der Waals surface area contributed by atoms with E-state index in [4.69, 9.17) is 10.5 Å². The molecule has 0 rings (SSSR count). The molecule has 0 fully saturated rings. The number of carbonyl (C=O) groups excluding carboxylic acids is 1. The number of rotatable bonds is 3. The van der Waals surface area contributed by atoms with Gasteiger partial charge in [-0.2, -0.15) is 13.2 Å². The number of alkyl carbamates (subject to hydrolysis) is 1. The summed E-state index contributed by atoms with van der Waals surface area (Å²) in [7, 11) is 0. The van der Waals surface area contributed by atoms with E-state index < -0.39 is 23.9 Å². The Morgan fingerprint density at radius 2 is 1.88 bits per heavy atom. The average Bonchev–Trinajstić information content (AvgIpc) is 1.97. The van der Waals surface area contributed by atoms with Crippen molar-refractivity contribution in [3.05, 3.63) is 0 Å². The Morgan fingerprint density at radius 1 is 1.38 bits per heavy atom. The van der Waals surface area contributed by atoms with Crippen molar-refractivity contribution >= 4 is 6.09 Å². The molecule has 96 valence electrons. The number of nitrogens with two attached hydrogens (primary N) is 1. The van der Waals surface area contributed by atoms with Gasteiger partial charge in [0, 0.05) is 0 Å². The number of carbonyl (C=O) groups is 1. The summed E-state index contributed by atoms with van der Waals surface area (Å²) in [4.78, 5) is 11.1. The van der Waals surface area contributed by atoms with Crippen LogP contribution in [-0.2, 0) is 4.74 Å². The Bertz CT molecular complexity index is 236. The third-order valence-corrected chi connectivity index (χ3v) is 1.54. The summed E-state index contributed by atoms with van der Waals surface area (Å²) in [6.07, 6.45) is -5.98. The first-order valence-corrected chi connectivity index (χ1v) is 4.82. The molecule has 4 nitrogen and oxygen atoms in total. The highest BCUT2D eigenvalue weighted by Crippen LogP contribution is 2.22. The van der Waals surface area contributed by atoms with Gasteiger partial charge in [-0.05, 0) is 33.7 Å². The molecule has 0 spiro atoms. The molecule has 0 aliphatic rings. The van der Waals surface area contributed by atoms with E-state index in [1.54, 1.807) is 26.1 Å². The summed E-state index contributed by atoms with van der Waals surface area (Å²) in [5, 5.41) is 1.75. The Balaban J connectivity index is 4.36. The predicted molar refractivity (Wildman–Crippen MR) is 52.9 cm³/mol. The van der Waals surface area contributed by atoms with Crippen LogP contribution < -0.4 is 11.1 Å². The van der Waals surface area contributed by atoms with Gasteiger partial charge in [-0.25, -0.2) is 4.79 Å². The van der Waals surface area contributed by atoms with E-state index in [0.717, 1.165) is 0 Å². The van der Waals surface area contributed by atoms with Gasteiger partial charge in [-0.3, -0.25) is 0 Å². The van der Waals surface area contributed by atoms with Gasteiger partial charge in [0.2, 0.25) is 0 Å². The number of alkyl halides is 3. The van der Waals surface area contributed by atoms with Crippen LogP contribution in [-0.4, -0.2) is 30.5 Å². The molecule has 1 amide bonds. The lowest BCUT2D eigenvalue weighted by atomic mass is 10.2. The minimum atomic E-state index is -4.52. The number of amides is 1. The van der Waals surface area contributed by atoms with Crippen molar-refractivity contribution in [2.45, 2.75) is 45.0 Å². The Hall–Kier alpha value is -0.980. The molecule has 0 saturated heterocycles. The van der Waals surface area contributed by atoms with Crippen LogP contribution in [0, 0.1) is 0 Å². The number of nitrogens with one attached hydrogen (secondary N) is 1. The standard InChI is InChI=1S/C9H17F3N2O2/c1-8(2,3)16-7(15)14-6(4-5-13)9(10,11)12/h6H,4-5,13H2,1-3H3,(H,14,15). The van der Waals surface area contributed by atoms with Crippen molar-refractivity contribution in [3.63, 3.8) is 0 Å². The highest BCUT2D eigenvalue weighted by molar-refractivity contribution is 5.68. The monoisotopic (exact) mass is 242 g/mol. The van der Waals surface area contributed by atoms with Gasteiger partial charge in [-0.15, -0.1) is 0 Å². The van der Waals surface area contributed by atoms with Gasteiger partial charge < -0.3 is 15.8 Å². The van der Waals surface area contributed by atoms with E-state index in [9.17, 15) is 18.0 Å². The fraction of sp³-hybridized carbons (Fsp3) is 0.889. The van der Waals surface area contributed by atoms with Crippen molar-refractivity contribution in [2.24, 2.45) is 5.73 Å². The zero-order valence-electron chi connectivity index (χ0n) is 9.52. The predicted octanol–water partition coefficient (Wildman–Crippen LogP) is 1.79. The van der Waals surface area contributed by atoms with Crippen LogP contribution in [0.1, 0.15) is 27.2 Å². The molecule has 0 aromatic carbocycles. The van der Waals surface area contributed by atoms with E-state index in [1.165, 1.54) is 0 Å². The molecule has 0 radical (unpaired) electrons. The molecule has 3 N–H and O–H groups in total. The van der Waals surface area contributed by atoms with Crippen molar-refractivity contribution < 1.29 is 22.7 Å². The van der Waals surface area contributed by atoms with Crippen LogP contribution in [0.2, 0.25) is 0 Å². The molecular weight excluding hydrogens is 225 g/mol. The number of halogens is 3. The smallest absolute Gasteiger partial charge is 0.408 e. The van der Waals surface area contributed by atoms with Gasteiger partial charge in [0.25, 0.3) is 0 Å². The van der Waals surface area contributed by atoms with Crippen LogP contribution in [0.15, 0.2) is 0 Å². The Labute approximate surface area is 92.3 Å². The first kappa shape index (κ1) is 15.0. The molecular formula is C9H17F3N2O2. The second-order valence-electron chi connectivity index (χ2n) is 4.32. The van der Waals surface area contributed by atoms with Crippen LogP contribution in [0.5, 0.6) is 0 Å². The fourth-order valence-electron chi connectivity index (χ4n) is 0.934. The lowest BCUT2D eigenvalue weighted by molar-refractivity contribution is -0.155. The maximum atomic E-state index is 12.4. The number of ether oxygens (including phenoxy) is 1. The maximum absolute atomic E-state index is 12.4. The Kier molecular flexibility index (Phi) is 5.05. The van der Waals surface area contributed by atoms with Crippen LogP contribution >= 0.6 is 0 Å². The van der Waals surface area contributed by atoms with Gasteiger partial charge in [0.1, 0.15) is 11.6 Å². The summed E-state index contributed by atoms with van der Waals surface area (Å²) in [5.41, 5.74) is 4.21. The normalized spacial score (nSPS) is 14.4. The topological polar surface area (TPSA) is 64.3 Å². The molecule has 0 heterocycles. The molecule has 1 atom stereocenters. The van der Waals surface area contributed by atoms with Crippen molar-refractivity contribution in [3.8, 4) is 0 Å². The molecule has 0 aromatic rings. The van der Waals surface area contributed by atoms with Crippen LogP contribution in [0.4, 0.5) is 18.0 Å². The minimum absolute atomic E-state index is 0.167. The first-order valence-electron chi connectivity index (χ1n) is 4.82. The molecule has 1 unspecified atom stereocenters. The highest BCUT2D eigenvalue weighted by Gasteiger charge is 2.40. The molecule has 0 saturated carbocycles. The highest BCUT2D eigenvalue weighted by atomic mass is 19.4. The lowest BCUT2D eigenvalue weighted by Crippen LogP contribution is -2.48. The maximum Gasteiger partial charge on any atom is 0.408 e. The summed E-state index contributed by atoms with van der Waals surface area (Å²) in [6, 6.07) is -1.97. The molecule has 0 aliphatic heterocycles. The third-order valence-electron chi connectivity index (χ3n) is 1.54. The Morgan fingerprint density at radius 3 is 2.19 bits per heavy atom. The molecule has 0 aromatic heterocycles. The van der Waals surface area contributed by atoms with Crippen molar-refractivity contribution in [2.75, 3.05) is 6.54 Å². The molecule has 16 heavy (non-hydrogen) atoms. The van der Waals surface area contributed by atoms with E-state index >= 15 is 0 Å². The van der Waals surface area contributed by atoms with E-state index in [-0.39, 0.29) is 13.0 Å². The number of hydrogen-bond donors (Lipinski definition) is 2. The summed E-state index contributed by atoms with van der Waals surface area (Å²) < 4.78 is 41.8. The summed E-state index contributed by atoms with van der Waals surface area (Å²) in [5.74, 6) is 0. The zero-order chi connectivity index (χ0) is 13.0. The second kappa shape index (κ2) is 5.38. The molecule has 0 bridgehead atoms. The number of hydrogen-bond acceptors (Lipinski definition) is 3. The zero-order valence-corrected chi connectivity index (χ0v) is 9.52.